The molecule has 2 aromatic heterocycles. The fourth-order valence-corrected chi connectivity index (χ4v) is 4.81. The molecule has 2 fully saturated rings. The summed E-state index contributed by atoms with van der Waals surface area (Å²) < 4.78 is 13.7. The van der Waals surface area contributed by atoms with Crippen LogP contribution in [0.2, 0.25) is 0 Å². The Labute approximate surface area is 183 Å². The average molecular weight is 441 g/mol. The highest BCUT2D eigenvalue weighted by molar-refractivity contribution is 7.10. The topological polar surface area (TPSA) is 85.7 Å². The largest absolute Gasteiger partial charge is 0.371 e. The molecule has 2 aliphatic rings. The highest BCUT2D eigenvalue weighted by Crippen LogP contribution is 2.21. The van der Waals surface area contributed by atoms with E-state index >= 15 is 0 Å². The van der Waals surface area contributed by atoms with E-state index in [1.807, 2.05) is 41.8 Å². The number of fused-ring (bicyclic) bond motifs is 2. The van der Waals surface area contributed by atoms with Crippen molar-refractivity contribution in [1.82, 2.24) is 20.0 Å². The van der Waals surface area contributed by atoms with Crippen LogP contribution < -0.4 is 5.32 Å². The fraction of sp³-hybridized carbons (Fsp3) is 0.409. The van der Waals surface area contributed by atoms with Crippen molar-refractivity contribution in [2.75, 3.05) is 26.3 Å². The van der Waals surface area contributed by atoms with Crippen molar-refractivity contribution >= 4 is 34.1 Å². The molecule has 4 heterocycles. The smallest absolute Gasteiger partial charge is 0.244 e. The number of hydrogen-bond acceptors (Lipinski definition) is 6. The van der Waals surface area contributed by atoms with Crippen LogP contribution in [0.5, 0.6) is 0 Å². The number of thiophene rings is 1. The van der Waals surface area contributed by atoms with Gasteiger partial charge in [0.25, 0.3) is 0 Å². The summed E-state index contributed by atoms with van der Waals surface area (Å²) in [7, 11) is 0. The van der Waals surface area contributed by atoms with E-state index in [4.69, 9.17) is 9.47 Å². The molecule has 0 spiro atoms. The molecule has 2 saturated heterocycles. The van der Waals surface area contributed by atoms with Gasteiger partial charge >= 0.3 is 0 Å². The van der Waals surface area contributed by atoms with Crippen molar-refractivity contribution in [1.29, 1.82) is 0 Å². The van der Waals surface area contributed by atoms with Crippen LogP contribution >= 0.6 is 11.3 Å². The van der Waals surface area contributed by atoms with Crippen LogP contribution in [0.1, 0.15) is 4.88 Å². The van der Waals surface area contributed by atoms with E-state index < -0.39 is 0 Å². The molecule has 3 aromatic rings. The van der Waals surface area contributed by atoms with Crippen molar-refractivity contribution < 1.29 is 19.1 Å². The molecular formula is C22H24N4O4S. The Bertz CT molecular complexity index is 1050. The second-order valence-corrected chi connectivity index (χ2v) is 8.96. The van der Waals surface area contributed by atoms with Gasteiger partial charge in [0.2, 0.25) is 11.8 Å². The lowest BCUT2D eigenvalue weighted by Gasteiger charge is -2.19. The first-order valence-corrected chi connectivity index (χ1v) is 11.3. The number of benzene rings is 1. The van der Waals surface area contributed by atoms with Crippen LogP contribution in [0.25, 0.3) is 10.9 Å². The third-order valence-corrected chi connectivity index (χ3v) is 6.58. The average Bonchev–Trinajstić information content (AvgIpc) is 3.49. The Morgan fingerprint density at radius 3 is 2.61 bits per heavy atom. The predicted octanol–water partition coefficient (Wildman–Crippen LogP) is 1.45. The molecule has 2 atom stereocenters. The number of para-hydroxylation sites is 1. The minimum absolute atomic E-state index is 0.00470. The Morgan fingerprint density at radius 1 is 1.10 bits per heavy atom. The zero-order valence-electron chi connectivity index (χ0n) is 17.0. The summed E-state index contributed by atoms with van der Waals surface area (Å²) in [5, 5.41) is 10.3. The number of nitrogens with zero attached hydrogens (tertiary/aromatic N) is 3. The third kappa shape index (κ3) is 4.48. The van der Waals surface area contributed by atoms with E-state index in [0.29, 0.717) is 32.7 Å². The first-order chi connectivity index (χ1) is 15.2. The van der Waals surface area contributed by atoms with Gasteiger partial charge in [-0.1, -0.05) is 24.3 Å². The van der Waals surface area contributed by atoms with Crippen molar-refractivity contribution in [3.63, 3.8) is 0 Å². The molecule has 2 amide bonds. The number of aromatic nitrogens is 2. The highest BCUT2D eigenvalue weighted by atomic mass is 32.1. The van der Waals surface area contributed by atoms with Gasteiger partial charge in [-0.3, -0.25) is 14.3 Å². The van der Waals surface area contributed by atoms with Crippen LogP contribution in [-0.4, -0.2) is 71.0 Å². The number of amides is 2. The minimum Gasteiger partial charge on any atom is -0.371 e. The number of likely N-dealkylation sites (tertiary alicyclic amines) is 1. The summed E-state index contributed by atoms with van der Waals surface area (Å²) in [5.74, 6) is -0.0371. The summed E-state index contributed by atoms with van der Waals surface area (Å²) in [6.45, 7) is 1.91. The van der Waals surface area contributed by atoms with Gasteiger partial charge in [-0.25, -0.2) is 0 Å². The lowest BCUT2D eigenvalue weighted by molar-refractivity contribution is -0.131. The van der Waals surface area contributed by atoms with Crippen molar-refractivity contribution in [2.45, 2.75) is 31.2 Å². The van der Waals surface area contributed by atoms with Gasteiger partial charge in [0.15, 0.2) is 0 Å². The summed E-state index contributed by atoms with van der Waals surface area (Å²) in [6.07, 6.45) is 1.77. The molecule has 0 aliphatic carbocycles. The Balaban J connectivity index is 1.13. The lowest BCUT2D eigenvalue weighted by Crippen LogP contribution is -2.42. The molecule has 0 radical (unpaired) electrons. The zero-order chi connectivity index (χ0) is 21.2. The van der Waals surface area contributed by atoms with Gasteiger partial charge in [0.05, 0.1) is 37.4 Å². The van der Waals surface area contributed by atoms with Crippen LogP contribution in [0.15, 0.2) is 48.0 Å². The molecule has 31 heavy (non-hydrogen) atoms. The molecule has 0 saturated carbocycles. The van der Waals surface area contributed by atoms with E-state index in [2.05, 4.69) is 10.4 Å². The van der Waals surface area contributed by atoms with Gasteiger partial charge in [-0.15, -0.1) is 11.3 Å². The first-order valence-electron chi connectivity index (χ1n) is 10.4. The number of hydrogen-bond donors (Lipinski definition) is 1. The number of ether oxygens (including phenoxy) is 2. The SMILES string of the molecule is O=C(Cc1cccs1)NC1CO[C@H]2CN(C(=O)Cn3ncc4ccccc43)C[C@@H]2OC1. The fourth-order valence-electron chi connectivity index (χ4n) is 4.11. The molecule has 0 unspecified atom stereocenters. The maximum Gasteiger partial charge on any atom is 0.244 e. The normalized spacial score (nSPS) is 21.7. The maximum absolute atomic E-state index is 12.8. The van der Waals surface area contributed by atoms with E-state index in [1.165, 1.54) is 0 Å². The quantitative estimate of drug-likeness (QED) is 0.649. The monoisotopic (exact) mass is 440 g/mol. The van der Waals surface area contributed by atoms with Crippen LogP contribution in [0.3, 0.4) is 0 Å². The summed E-state index contributed by atoms with van der Waals surface area (Å²) in [5.41, 5.74) is 0.942. The molecule has 5 rings (SSSR count). The van der Waals surface area contributed by atoms with Crippen LogP contribution in [-0.2, 0) is 32.0 Å². The van der Waals surface area contributed by atoms with E-state index in [0.717, 1.165) is 15.8 Å². The molecule has 9 heteroatoms. The number of nitrogens with one attached hydrogen (secondary N) is 1. The van der Waals surface area contributed by atoms with Crippen molar-refractivity contribution in [2.24, 2.45) is 0 Å². The molecule has 162 valence electrons. The Kier molecular flexibility index (Phi) is 5.71. The third-order valence-electron chi connectivity index (χ3n) is 5.71. The van der Waals surface area contributed by atoms with E-state index in [1.54, 1.807) is 27.1 Å². The van der Waals surface area contributed by atoms with Gasteiger partial charge in [-0.2, -0.15) is 5.10 Å². The lowest BCUT2D eigenvalue weighted by atomic mass is 10.2. The Hall–Kier alpha value is -2.75. The van der Waals surface area contributed by atoms with Crippen molar-refractivity contribution in [3.8, 4) is 0 Å². The molecular weight excluding hydrogens is 416 g/mol. The number of rotatable bonds is 5. The van der Waals surface area contributed by atoms with Crippen LogP contribution in [0.4, 0.5) is 0 Å². The predicted molar refractivity (Wildman–Crippen MR) is 116 cm³/mol. The standard InChI is InChI=1S/C22H24N4O4S/c27-21(8-17-5-3-7-31-17)24-16-13-29-19-10-25(11-20(19)30-14-16)22(28)12-26-18-6-2-1-4-15(18)9-23-26/h1-7,9,16,19-20H,8,10-14H2,(H,24,27)/t19-,20-/m0/s1. The molecule has 0 bridgehead atoms. The summed E-state index contributed by atoms with van der Waals surface area (Å²) >= 11 is 1.57. The number of carbonyl (C=O) groups is 2. The summed E-state index contributed by atoms with van der Waals surface area (Å²) in [4.78, 5) is 27.9. The van der Waals surface area contributed by atoms with Gasteiger partial charge in [-0.05, 0) is 17.5 Å². The first kappa shape index (κ1) is 20.2. The second kappa shape index (κ2) is 8.78. The van der Waals surface area contributed by atoms with Gasteiger partial charge in [0, 0.05) is 23.4 Å². The van der Waals surface area contributed by atoms with Crippen molar-refractivity contribution in [3.05, 3.63) is 52.9 Å². The molecule has 8 nitrogen and oxygen atoms in total. The van der Waals surface area contributed by atoms with Crippen LogP contribution in [0, 0.1) is 0 Å². The Morgan fingerprint density at radius 2 is 1.87 bits per heavy atom. The van der Waals surface area contributed by atoms with Gasteiger partial charge in [0.1, 0.15) is 18.8 Å². The highest BCUT2D eigenvalue weighted by Gasteiger charge is 2.39. The van der Waals surface area contributed by atoms with E-state index in [9.17, 15) is 9.59 Å². The maximum atomic E-state index is 12.8. The summed E-state index contributed by atoms with van der Waals surface area (Å²) in [6, 6.07) is 11.5. The molecule has 1 aromatic carbocycles. The molecule has 1 N–H and O–H groups in total. The zero-order valence-corrected chi connectivity index (χ0v) is 17.8. The van der Waals surface area contributed by atoms with Gasteiger partial charge < -0.3 is 19.7 Å². The minimum atomic E-state index is -0.183. The molecule has 2 aliphatic heterocycles. The number of carbonyl (C=O) groups excluding carboxylic acids is 2. The second-order valence-electron chi connectivity index (χ2n) is 7.92. The van der Waals surface area contributed by atoms with E-state index in [-0.39, 0.29) is 36.6 Å².